The minimum atomic E-state index is -0.316. The number of carbonyl (C=O) groups excluding carboxylic acids is 1. The molecule has 2 nitrogen and oxygen atoms in total. The van der Waals surface area contributed by atoms with E-state index in [4.69, 9.17) is 4.74 Å². The van der Waals surface area contributed by atoms with Gasteiger partial charge in [-0.15, -0.1) is 0 Å². The smallest absolute Gasteiger partial charge is 0.338 e. The standard InChI is InChI=1S/C12H13BrO2/c1-3-8-15-12(14)11-6-4-10(5-7-11)9(2)13/h3-7,9H,1,8H2,2H3. The highest BCUT2D eigenvalue weighted by molar-refractivity contribution is 9.09. The maximum absolute atomic E-state index is 11.4. The van der Waals surface area contributed by atoms with Crippen molar-refractivity contribution in [2.45, 2.75) is 11.8 Å². The third kappa shape index (κ3) is 3.51. The summed E-state index contributed by atoms with van der Waals surface area (Å²) in [7, 11) is 0. The first kappa shape index (κ1) is 12.0. The molecule has 0 bridgehead atoms. The van der Waals surface area contributed by atoms with E-state index in [0.29, 0.717) is 5.56 Å². The molecule has 0 fully saturated rings. The molecule has 80 valence electrons. The van der Waals surface area contributed by atoms with Gasteiger partial charge in [0.2, 0.25) is 0 Å². The highest BCUT2D eigenvalue weighted by atomic mass is 79.9. The molecule has 0 heterocycles. The number of halogens is 1. The summed E-state index contributed by atoms with van der Waals surface area (Å²) in [6.45, 7) is 5.76. The number of esters is 1. The zero-order valence-electron chi connectivity index (χ0n) is 8.57. The molecule has 0 aliphatic carbocycles. The van der Waals surface area contributed by atoms with E-state index >= 15 is 0 Å². The Morgan fingerprint density at radius 1 is 1.53 bits per heavy atom. The monoisotopic (exact) mass is 268 g/mol. The van der Waals surface area contributed by atoms with E-state index in [2.05, 4.69) is 22.5 Å². The van der Waals surface area contributed by atoms with Crippen LogP contribution in [-0.4, -0.2) is 12.6 Å². The molecule has 0 amide bonds. The number of alkyl halides is 1. The minimum Gasteiger partial charge on any atom is -0.458 e. The Morgan fingerprint density at radius 2 is 2.13 bits per heavy atom. The number of benzene rings is 1. The third-order valence-corrected chi connectivity index (χ3v) is 2.47. The molecule has 0 spiro atoms. The number of hydrogen-bond acceptors (Lipinski definition) is 2. The van der Waals surface area contributed by atoms with Gasteiger partial charge in [-0.3, -0.25) is 0 Å². The van der Waals surface area contributed by atoms with Gasteiger partial charge in [-0.1, -0.05) is 40.7 Å². The van der Waals surface area contributed by atoms with Crippen LogP contribution in [0.15, 0.2) is 36.9 Å². The molecule has 1 rings (SSSR count). The predicted octanol–water partition coefficient (Wildman–Crippen LogP) is 3.49. The van der Waals surface area contributed by atoms with Crippen LogP contribution in [0.3, 0.4) is 0 Å². The van der Waals surface area contributed by atoms with Crippen LogP contribution in [0.1, 0.15) is 27.7 Å². The molecule has 0 aromatic heterocycles. The molecule has 15 heavy (non-hydrogen) atoms. The van der Waals surface area contributed by atoms with Crippen molar-refractivity contribution in [3.63, 3.8) is 0 Å². The summed E-state index contributed by atoms with van der Waals surface area (Å²) < 4.78 is 4.91. The van der Waals surface area contributed by atoms with Crippen LogP contribution < -0.4 is 0 Å². The highest BCUT2D eigenvalue weighted by Gasteiger charge is 2.07. The van der Waals surface area contributed by atoms with Crippen molar-refractivity contribution in [2.75, 3.05) is 6.61 Å². The van der Waals surface area contributed by atoms with E-state index in [1.165, 1.54) is 0 Å². The van der Waals surface area contributed by atoms with Gasteiger partial charge in [0.25, 0.3) is 0 Å². The zero-order valence-corrected chi connectivity index (χ0v) is 10.2. The lowest BCUT2D eigenvalue weighted by Gasteiger charge is -2.05. The highest BCUT2D eigenvalue weighted by Crippen LogP contribution is 2.21. The van der Waals surface area contributed by atoms with Gasteiger partial charge in [0, 0.05) is 4.83 Å². The van der Waals surface area contributed by atoms with Crippen molar-refractivity contribution in [3.8, 4) is 0 Å². The molecular weight excluding hydrogens is 256 g/mol. The Hall–Kier alpha value is -1.09. The number of carbonyl (C=O) groups is 1. The van der Waals surface area contributed by atoms with Gasteiger partial charge in [0.1, 0.15) is 6.61 Å². The largest absolute Gasteiger partial charge is 0.458 e. The van der Waals surface area contributed by atoms with Gasteiger partial charge in [-0.2, -0.15) is 0 Å². The van der Waals surface area contributed by atoms with Crippen LogP contribution in [0.25, 0.3) is 0 Å². The summed E-state index contributed by atoms with van der Waals surface area (Å²) in [5, 5.41) is 0. The Bertz CT molecular complexity index is 341. The van der Waals surface area contributed by atoms with E-state index in [1.807, 2.05) is 19.1 Å². The Balaban J connectivity index is 2.71. The molecule has 0 saturated heterocycles. The summed E-state index contributed by atoms with van der Waals surface area (Å²) in [4.78, 5) is 11.7. The van der Waals surface area contributed by atoms with Gasteiger partial charge in [0.05, 0.1) is 5.56 Å². The number of rotatable bonds is 4. The molecular formula is C12H13BrO2. The molecule has 1 aromatic carbocycles. The lowest BCUT2D eigenvalue weighted by molar-refractivity contribution is 0.0550. The van der Waals surface area contributed by atoms with Crippen LogP contribution >= 0.6 is 15.9 Å². The quantitative estimate of drug-likeness (QED) is 0.475. The second kappa shape index (κ2) is 5.71. The Labute approximate surface area is 98.1 Å². The molecule has 1 unspecified atom stereocenters. The molecule has 0 aliphatic heterocycles. The molecule has 0 aliphatic rings. The van der Waals surface area contributed by atoms with Crippen molar-refractivity contribution in [1.29, 1.82) is 0 Å². The fraction of sp³-hybridized carbons (Fsp3) is 0.250. The van der Waals surface area contributed by atoms with Gasteiger partial charge in [-0.05, 0) is 24.6 Å². The van der Waals surface area contributed by atoms with Crippen LogP contribution in [0, 0.1) is 0 Å². The SMILES string of the molecule is C=CCOC(=O)c1ccc(C(C)Br)cc1. The summed E-state index contributed by atoms with van der Waals surface area (Å²) in [6, 6.07) is 7.34. The van der Waals surface area contributed by atoms with Crippen LogP contribution in [0.5, 0.6) is 0 Å². The molecule has 0 N–H and O–H groups in total. The maximum Gasteiger partial charge on any atom is 0.338 e. The number of hydrogen-bond donors (Lipinski definition) is 0. The van der Waals surface area contributed by atoms with E-state index in [9.17, 15) is 4.79 Å². The van der Waals surface area contributed by atoms with E-state index in [-0.39, 0.29) is 17.4 Å². The third-order valence-electron chi connectivity index (χ3n) is 1.94. The lowest BCUT2D eigenvalue weighted by atomic mass is 10.1. The van der Waals surface area contributed by atoms with Gasteiger partial charge in [0.15, 0.2) is 0 Å². The second-order valence-electron chi connectivity index (χ2n) is 3.13. The van der Waals surface area contributed by atoms with Crippen molar-refractivity contribution >= 4 is 21.9 Å². The van der Waals surface area contributed by atoms with Crippen molar-refractivity contribution in [1.82, 2.24) is 0 Å². The normalized spacial score (nSPS) is 11.9. The minimum absolute atomic E-state index is 0.245. The number of ether oxygens (including phenoxy) is 1. The molecule has 0 radical (unpaired) electrons. The van der Waals surface area contributed by atoms with Crippen LogP contribution in [0.2, 0.25) is 0 Å². The first-order valence-electron chi connectivity index (χ1n) is 4.67. The average Bonchev–Trinajstić information content (AvgIpc) is 2.26. The first-order chi connectivity index (χ1) is 7.15. The summed E-state index contributed by atoms with van der Waals surface area (Å²) in [5.74, 6) is -0.316. The summed E-state index contributed by atoms with van der Waals surface area (Å²) >= 11 is 3.46. The topological polar surface area (TPSA) is 26.3 Å². The van der Waals surface area contributed by atoms with Crippen molar-refractivity contribution in [3.05, 3.63) is 48.0 Å². The second-order valence-corrected chi connectivity index (χ2v) is 4.50. The molecule has 1 aromatic rings. The van der Waals surface area contributed by atoms with Gasteiger partial charge in [-0.25, -0.2) is 4.79 Å². The molecule has 1 atom stereocenters. The Kier molecular flexibility index (Phi) is 4.56. The fourth-order valence-electron chi connectivity index (χ4n) is 1.10. The predicted molar refractivity (Wildman–Crippen MR) is 64.3 cm³/mol. The van der Waals surface area contributed by atoms with Crippen molar-refractivity contribution in [2.24, 2.45) is 0 Å². The average molecular weight is 269 g/mol. The van der Waals surface area contributed by atoms with Crippen molar-refractivity contribution < 1.29 is 9.53 Å². The van der Waals surface area contributed by atoms with Crippen LogP contribution in [0.4, 0.5) is 0 Å². The Morgan fingerprint density at radius 3 is 2.60 bits per heavy atom. The maximum atomic E-state index is 11.4. The molecule has 0 saturated carbocycles. The van der Waals surface area contributed by atoms with E-state index in [1.54, 1.807) is 18.2 Å². The van der Waals surface area contributed by atoms with Gasteiger partial charge >= 0.3 is 5.97 Å². The van der Waals surface area contributed by atoms with Gasteiger partial charge < -0.3 is 4.74 Å². The van der Waals surface area contributed by atoms with E-state index < -0.39 is 0 Å². The van der Waals surface area contributed by atoms with E-state index in [0.717, 1.165) is 5.56 Å². The van der Waals surface area contributed by atoms with Crippen LogP contribution in [-0.2, 0) is 4.74 Å². The summed E-state index contributed by atoms with van der Waals surface area (Å²) in [6.07, 6.45) is 1.55. The molecule has 3 heteroatoms. The fourth-order valence-corrected chi connectivity index (χ4v) is 1.41. The summed E-state index contributed by atoms with van der Waals surface area (Å²) in [5.41, 5.74) is 1.70. The lowest BCUT2D eigenvalue weighted by Crippen LogP contribution is -2.04. The first-order valence-corrected chi connectivity index (χ1v) is 5.58. The zero-order chi connectivity index (χ0) is 11.3.